The molecule has 6 nitrogen and oxygen atoms in total. The van der Waals surface area contributed by atoms with E-state index in [4.69, 9.17) is 0 Å². The van der Waals surface area contributed by atoms with Crippen molar-refractivity contribution in [1.29, 1.82) is 0 Å². The van der Waals surface area contributed by atoms with Gasteiger partial charge in [0.25, 0.3) is 5.91 Å². The number of carbonyl (C=O) groups excluding carboxylic acids is 2. The summed E-state index contributed by atoms with van der Waals surface area (Å²) in [6, 6.07) is 5.12. The highest BCUT2D eigenvalue weighted by Crippen LogP contribution is 2.08. The van der Waals surface area contributed by atoms with Crippen molar-refractivity contribution in [2.45, 2.75) is 18.9 Å². The van der Waals surface area contributed by atoms with Crippen LogP contribution in [0.3, 0.4) is 0 Å². The predicted octanol–water partition coefficient (Wildman–Crippen LogP) is 1.05. The Morgan fingerprint density at radius 1 is 1.33 bits per heavy atom. The average Bonchev–Trinajstić information content (AvgIpc) is 2.50. The molecule has 1 rings (SSSR count). The Balaban J connectivity index is 2.61. The standard InChI is InChI=1S/C14H17FN2O4/c1-20-14(19)12(17-13(18)9-16-21-2)8-5-10-3-6-11(15)7-4-10/h3-4,6-7,9,12H,5,8H2,1-2H3,(H,17,18)/b16-9+/t12-/m0/s1. The highest BCUT2D eigenvalue weighted by Gasteiger charge is 2.20. The summed E-state index contributed by atoms with van der Waals surface area (Å²) in [6.07, 6.45) is 1.74. The van der Waals surface area contributed by atoms with Gasteiger partial charge in [0, 0.05) is 0 Å². The van der Waals surface area contributed by atoms with Crippen molar-refractivity contribution in [2.24, 2.45) is 5.16 Å². The minimum Gasteiger partial charge on any atom is -0.467 e. The van der Waals surface area contributed by atoms with Gasteiger partial charge >= 0.3 is 5.97 Å². The number of amides is 1. The maximum Gasteiger partial charge on any atom is 0.328 e. The molecule has 1 aromatic rings. The zero-order chi connectivity index (χ0) is 15.7. The molecule has 0 bridgehead atoms. The van der Waals surface area contributed by atoms with Crippen LogP contribution in [-0.2, 0) is 25.6 Å². The molecule has 0 fully saturated rings. The van der Waals surface area contributed by atoms with Gasteiger partial charge in [-0.05, 0) is 30.5 Å². The zero-order valence-electron chi connectivity index (χ0n) is 11.8. The fraction of sp³-hybridized carbons (Fsp3) is 0.357. The monoisotopic (exact) mass is 296 g/mol. The quantitative estimate of drug-likeness (QED) is 0.463. The number of esters is 1. The highest BCUT2D eigenvalue weighted by atomic mass is 19.1. The Morgan fingerprint density at radius 2 is 2.00 bits per heavy atom. The molecular formula is C14H17FN2O4. The molecule has 0 aliphatic rings. The molecule has 21 heavy (non-hydrogen) atoms. The second-order valence-electron chi connectivity index (χ2n) is 4.17. The Labute approximate surface area is 121 Å². The van der Waals surface area contributed by atoms with Crippen LogP contribution in [0.25, 0.3) is 0 Å². The van der Waals surface area contributed by atoms with E-state index in [0.29, 0.717) is 12.8 Å². The molecule has 1 aromatic carbocycles. The normalized spacial score (nSPS) is 12.0. The lowest BCUT2D eigenvalue weighted by Crippen LogP contribution is -2.42. The van der Waals surface area contributed by atoms with Gasteiger partial charge in [-0.15, -0.1) is 0 Å². The van der Waals surface area contributed by atoms with E-state index >= 15 is 0 Å². The minimum atomic E-state index is -0.809. The number of rotatable bonds is 7. The Bertz CT molecular complexity index is 502. The molecule has 1 amide bonds. The lowest BCUT2D eigenvalue weighted by Gasteiger charge is -2.15. The molecule has 1 atom stereocenters. The summed E-state index contributed by atoms with van der Waals surface area (Å²) in [7, 11) is 2.54. The first-order valence-corrected chi connectivity index (χ1v) is 6.26. The van der Waals surface area contributed by atoms with E-state index in [9.17, 15) is 14.0 Å². The zero-order valence-corrected chi connectivity index (χ0v) is 11.8. The molecule has 1 N–H and O–H groups in total. The van der Waals surface area contributed by atoms with Gasteiger partial charge in [0.2, 0.25) is 0 Å². The van der Waals surface area contributed by atoms with E-state index in [0.717, 1.165) is 11.8 Å². The number of ether oxygens (including phenoxy) is 1. The number of halogens is 1. The van der Waals surface area contributed by atoms with Crippen LogP contribution in [0, 0.1) is 5.82 Å². The van der Waals surface area contributed by atoms with Crippen molar-refractivity contribution in [3.63, 3.8) is 0 Å². The van der Waals surface area contributed by atoms with Crippen molar-refractivity contribution in [1.82, 2.24) is 5.32 Å². The number of hydrogen-bond acceptors (Lipinski definition) is 5. The van der Waals surface area contributed by atoms with E-state index < -0.39 is 17.9 Å². The molecule has 0 heterocycles. The maximum atomic E-state index is 12.8. The maximum absolute atomic E-state index is 12.8. The number of hydrogen-bond donors (Lipinski definition) is 1. The highest BCUT2D eigenvalue weighted by molar-refractivity contribution is 6.26. The van der Waals surface area contributed by atoms with E-state index in [1.165, 1.54) is 26.4 Å². The SMILES string of the molecule is CO/N=C/C(=O)N[C@@H](CCc1ccc(F)cc1)C(=O)OC. The Hall–Kier alpha value is -2.44. The molecule has 0 saturated heterocycles. The summed E-state index contributed by atoms with van der Waals surface area (Å²) in [5, 5.41) is 5.77. The first kappa shape index (κ1) is 16.6. The summed E-state index contributed by atoms with van der Waals surface area (Å²) < 4.78 is 17.4. The summed E-state index contributed by atoms with van der Waals surface area (Å²) in [5.74, 6) is -1.45. The minimum absolute atomic E-state index is 0.324. The molecule has 0 saturated carbocycles. The van der Waals surface area contributed by atoms with Crippen LogP contribution in [0.1, 0.15) is 12.0 Å². The molecule has 0 aromatic heterocycles. The van der Waals surface area contributed by atoms with E-state index in [-0.39, 0.29) is 5.82 Å². The van der Waals surface area contributed by atoms with Crippen LogP contribution in [0.5, 0.6) is 0 Å². The van der Waals surface area contributed by atoms with Crippen molar-refractivity contribution >= 4 is 18.1 Å². The van der Waals surface area contributed by atoms with Crippen LogP contribution < -0.4 is 5.32 Å². The fourth-order valence-electron chi connectivity index (χ4n) is 1.66. The smallest absolute Gasteiger partial charge is 0.328 e. The third-order valence-electron chi connectivity index (χ3n) is 2.71. The number of methoxy groups -OCH3 is 1. The van der Waals surface area contributed by atoms with Gasteiger partial charge in [-0.3, -0.25) is 4.79 Å². The molecular weight excluding hydrogens is 279 g/mol. The van der Waals surface area contributed by atoms with Crippen molar-refractivity contribution in [3.8, 4) is 0 Å². The van der Waals surface area contributed by atoms with Gasteiger partial charge in [0.05, 0.1) is 7.11 Å². The lowest BCUT2D eigenvalue weighted by molar-refractivity contribution is -0.144. The Kier molecular flexibility index (Phi) is 6.86. The number of nitrogens with one attached hydrogen (secondary N) is 1. The molecule has 0 aliphatic carbocycles. The average molecular weight is 296 g/mol. The summed E-state index contributed by atoms with van der Waals surface area (Å²) in [5.41, 5.74) is 0.852. The third kappa shape index (κ3) is 6.03. The predicted molar refractivity (Wildman–Crippen MR) is 74.2 cm³/mol. The molecule has 0 unspecified atom stereocenters. The van der Waals surface area contributed by atoms with E-state index in [2.05, 4.69) is 20.0 Å². The number of oxime groups is 1. The molecule has 0 spiro atoms. The van der Waals surface area contributed by atoms with Crippen molar-refractivity contribution in [2.75, 3.05) is 14.2 Å². The lowest BCUT2D eigenvalue weighted by atomic mass is 10.1. The van der Waals surface area contributed by atoms with Gasteiger partial charge in [-0.25, -0.2) is 9.18 Å². The van der Waals surface area contributed by atoms with Crippen molar-refractivity contribution in [3.05, 3.63) is 35.6 Å². The van der Waals surface area contributed by atoms with Gasteiger partial charge in [0.15, 0.2) is 0 Å². The molecule has 0 radical (unpaired) electrons. The van der Waals surface area contributed by atoms with Gasteiger partial charge in [0.1, 0.15) is 25.2 Å². The first-order valence-electron chi connectivity index (χ1n) is 6.26. The first-order chi connectivity index (χ1) is 10.1. The molecule has 7 heteroatoms. The van der Waals surface area contributed by atoms with E-state index in [1.807, 2.05) is 0 Å². The number of nitrogens with zero attached hydrogens (tertiary/aromatic N) is 1. The van der Waals surface area contributed by atoms with Gasteiger partial charge in [-0.1, -0.05) is 17.3 Å². The summed E-state index contributed by atoms with van der Waals surface area (Å²) in [4.78, 5) is 27.5. The van der Waals surface area contributed by atoms with Crippen LogP contribution in [0.15, 0.2) is 29.4 Å². The Morgan fingerprint density at radius 3 is 2.57 bits per heavy atom. The van der Waals surface area contributed by atoms with Gasteiger partial charge < -0.3 is 14.9 Å². The molecule has 114 valence electrons. The van der Waals surface area contributed by atoms with Crippen molar-refractivity contribution < 1.29 is 23.6 Å². The van der Waals surface area contributed by atoms with Gasteiger partial charge in [-0.2, -0.15) is 0 Å². The fourth-order valence-corrected chi connectivity index (χ4v) is 1.66. The summed E-state index contributed by atoms with van der Waals surface area (Å²) >= 11 is 0. The third-order valence-corrected chi connectivity index (χ3v) is 2.71. The second kappa shape index (κ2) is 8.68. The number of carbonyl (C=O) groups is 2. The van der Waals surface area contributed by atoms with Crippen LogP contribution >= 0.6 is 0 Å². The number of aryl methyl sites for hydroxylation is 1. The topological polar surface area (TPSA) is 77.0 Å². The largest absolute Gasteiger partial charge is 0.467 e. The summed E-state index contributed by atoms with van der Waals surface area (Å²) in [6.45, 7) is 0. The second-order valence-corrected chi connectivity index (χ2v) is 4.17. The van der Waals surface area contributed by atoms with Crippen LogP contribution in [0.2, 0.25) is 0 Å². The molecule has 0 aliphatic heterocycles. The van der Waals surface area contributed by atoms with E-state index in [1.54, 1.807) is 12.1 Å². The van der Waals surface area contributed by atoms with Crippen LogP contribution in [0.4, 0.5) is 4.39 Å². The number of benzene rings is 1. The van der Waals surface area contributed by atoms with Crippen LogP contribution in [-0.4, -0.2) is 38.4 Å².